The molecule has 0 saturated carbocycles. The second-order valence-corrected chi connectivity index (χ2v) is 5.13. The Hall–Kier alpha value is -0.650. The molecule has 1 atom stereocenters. The zero-order valence-electron chi connectivity index (χ0n) is 11.7. The van der Waals surface area contributed by atoms with E-state index in [0.717, 1.165) is 39.1 Å². The quantitative estimate of drug-likeness (QED) is 0.736. The van der Waals surface area contributed by atoms with Crippen molar-refractivity contribution in [3.63, 3.8) is 0 Å². The molecule has 5 nitrogen and oxygen atoms in total. The topological polar surface area (TPSA) is 58.8 Å². The fourth-order valence-corrected chi connectivity index (χ4v) is 2.40. The minimum absolute atomic E-state index is 0.258. The van der Waals surface area contributed by atoms with E-state index in [-0.39, 0.29) is 5.91 Å². The van der Waals surface area contributed by atoms with Gasteiger partial charge in [0.1, 0.15) is 0 Å². The van der Waals surface area contributed by atoms with Gasteiger partial charge in [0, 0.05) is 52.9 Å². The molecule has 106 valence electrons. The van der Waals surface area contributed by atoms with E-state index in [1.165, 1.54) is 0 Å². The number of carbonyl (C=O) groups excluding carboxylic acids is 1. The van der Waals surface area contributed by atoms with Gasteiger partial charge in [-0.15, -0.1) is 0 Å². The van der Waals surface area contributed by atoms with Gasteiger partial charge in [0.05, 0.1) is 0 Å². The van der Waals surface area contributed by atoms with E-state index < -0.39 is 0 Å². The van der Waals surface area contributed by atoms with Gasteiger partial charge >= 0.3 is 0 Å². The van der Waals surface area contributed by atoms with Gasteiger partial charge in [-0.05, 0) is 18.9 Å². The van der Waals surface area contributed by atoms with Gasteiger partial charge in [-0.2, -0.15) is 0 Å². The fraction of sp³-hybridized carbons (Fsp3) is 0.923. The molecule has 1 amide bonds. The third-order valence-electron chi connectivity index (χ3n) is 3.36. The number of amides is 1. The molecule has 0 radical (unpaired) electrons. The molecule has 5 heteroatoms. The van der Waals surface area contributed by atoms with E-state index in [1.807, 2.05) is 4.90 Å². The Bertz CT molecular complexity index is 248. The van der Waals surface area contributed by atoms with E-state index >= 15 is 0 Å². The average molecular weight is 257 g/mol. The number of nitrogens with zero attached hydrogens (tertiary/aromatic N) is 2. The van der Waals surface area contributed by atoms with Crippen molar-refractivity contribution in [2.24, 2.45) is 11.7 Å². The maximum absolute atomic E-state index is 12.1. The van der Waals surface area contributed by atoms with Crippen molar-refractivity contribution >= 4 is 5.91 Å². The molecule has 2 N–H and O–H groups in total. The molecule has 0 aromatic rings. The second kappa shape index (κ2) is 8.45. The first kappa shape index (κ1) is 15.4. The van der Waals surface area contributed by atoms with E-state index in [4.69, 9.17) is 10.5 Å². The van der Waals surface area contributed by atoms with E-state index in [1.54, 1.807) is 7.11 Å². The lowest BCUT2D eigenvalue weighted by Gasteiger charge is -2.23. The van der Waals surface area contributed by atoms with Crippen molar-refractivity contribution in [2.75, 3.05) is 53.0 Å². The Morgan fingerprint density at radius 2 is 2.11 bits per heavy atom. The highest BCUT2D eigenvalue weighted by Crippen LogP contribution is 2.09. The van der Waals surface area contributed by atoms with Crippen LogP contribution in [0.25, 0.3) is 0 Å². The van der Waals surface area contributed by atoms with Crippen molar-refractivity contribution in [3.05, 3.63) is 0 Å². The molecule has 18 heavy (non-hydrogen) atoms. The molecule has 1 fully saturated rings. The van der Waals surface area contributed by atoms with Crippen molar-refractivity contribution in [1.29, 1.82) is 0 Å². The van der Waals surface area contributed by atoms with Gasteiger partial charge in [-0.25, -0.2) is 0 Å². The zero-order valence-corrected chi connectivity index (χ0v) is 11.7. The lowest BCUT2D eigenvalue weighted by atomic mass is 10.1. The molecule has 0 bridgehead atoms. The van der Waals surface area contributed by atoms with Crippen LogP contribution < -0.4 is 5.73 Å². The summed E-state index contributed by atoms with van der Waals surface area (Å²) in [5.74, 6) is 0.556. The summed E-state index contributed by atoms with van der Waals surface area (Å²) in [6, 6.07) is 0. The largest absolute Gasteiger partial charge is 0.384 e. The minimum Gasteiger partial charge on any atom is -0.384 e. The smallest absolute Gasteiger partial charge is 0.222 e. The Balaban J connectivity index is 2.35. The standard InChI is InChI=1S/C13H27N3O2/c1-12(11-18-2)10-13(17)16-6-3-5-15(7-4-14)8-9-16/h12H,3-11,14H2,1-2H3. The number of carbonyl (C=O) groups is 1. The van der Waals surface area contributed by atoms with Gasteiger partial charge in [-0.1, -0.05) is 6.92 Å². The predicted molar refractivity (Wildman–Crippen MR) is 72.3 cm³/mol. The Labute approximate surface area is 110 Å². The number of nitrogens with two attached hydrogens (primary N) is 1. The summed E-state index contributed by atoms with van der Waals surface area (Å²) in [7, 11) is 1.68. The van der Waals surface area contributed by atoms with Crippen LogP contribution in [0.2, 0.25) is 0 Å². The molecule has 0 aromatic carbocycles. The second-order valence-electron chi connectivity index (χ2n) is 5.13. The van der Waals surface area contributed by atoms with Crippen LogP contribution in [0.4, 0.5) is 0 Å². The van der Waals surface area contributed by atoms with Crippen LogP contribution in [0.5, 0.6) is 0 Å². The molecule has 0 aliphatic carbocycles. The third-order valence-corrected chi connectivity index (χ3v) is 3.36. The van der Waals surface area contributed by atoms with Crippen LogP contribution in [0.3, 0.4) is 0 Å². The van der Waals surface area contributed by atoms with E-state index in [9.17, 15) is 4.79 Å². The van der Waals surface area contributed by atoms with E-state index in [0.29, 0.717) is 25.5 Å². The van der Waals surface area contributed by atoms with Crippen LogP contribution >= 0.6 is 0 Å². The van der Waals surface area contributed by atoms with Gasteiger partial charge in [-0.3, -0.25) is 4.79 Å². The summed E-state index contributed by atoms with van der Waals surface area (Å²) >= 11 is 0. The van der Waals surface area contributed by atoms with Crippen molar-refractivity contribution < 1.29 is 9.53 Å². The number of hydrogen-bond donors (Lipinski definition) is 1. The van der Waals surface area contributed by atoms with Crippen LogP contribution in [-0.2, 0) is 9.53 Å². The predicted octanol–water partition coefficient (Wildman–Crippen LogP) is 0.152. The first-order chi connectivity index (χ1) is 8.67. The Kier molecular flexibility index (Phi) is 7.23. The van der Waals surface area contributed by atoms with Crippen LogP contribution in [-0.4, -0.2) is 68.7 Å². The molecule has 0 spiro atoms. The first-order valence-corrected chi connectivity index (χ1v) is 6.86. The molecule has 1 saturated heterocycles. The lowest BCUT2D eigenvalue weighted by Crippen LogP contribution is -2.37. The van der Waals surface area contributed by atoms with Crippen LogP contribution in [0, 0.1) is 5.92 Å². The molecular formula is C13H27N3O2. The highest BCUT2D eigenvalue weighted by atomic mass is 16.5. The maximum atomic E-state index is 12.1. The highest BCUT2D eigenvalue weighted by Gasteiger charge is 2.20. The monoisotopic (exact) mass is 257 g/mol. The van der Waals surface area contributed by atoms with Gasteiger partial charge < -0.3 is 20.3 Å². The summed E-state index contributed by atoms with van der Waals surface area (Å²) in [5, 5.41) is 0. The van der Waals surface area contributed by atoms with Gasteiger partial charge in [0.2, 0.25) is 5.91 Å². The molecule has 1 aliphatic rings. The fourth-order valence-electron chi connectivity index (χ4n) is 2.40. The van der Waals surface area contributed by atoms with Crippen LogP contribution in [0.15, 0.2) is 0 Å². The first-order valence-electron chi connectivity index (χ1n) is 6.86. The van der Waals surface area contributed by atoms with E-state index in [2.05, 4.69) is 11.8 Å². The molecule has 1 aliphatic heterocycles. The van der Waals surface area contributed by atoms with Crippen molar-refractivity contribution in [2.45, 2.75) is 19.8 Å². The summed E-state index contributed by atoms with van der Waals surface area (Å²) in [5.41, 5.74) is 5.57. The van der Waals surface area contributed by atoms with Crippen LogP contribution in [0.1, 0.15) is 19.8 Å². The molecule has 0 aromatic heterocycles. The summed E-state index contributed by atoms with van der Waals surface area (Å²) in [6.45, 7) is 8.04. The van der Waals surface area contributed by atoms with Gasteiger partial charge in [0.25, 0.3) is 0 Å². The molecular weight excluding hydrogens is 230 g/mol. The highest BCUT2D eigenvalue weighted by molar-refractivity contribution is 5.76. The molecule has 1 heterocycles. The molecule has 1 unspecified atom stereocenters. The molecule has 1 rings (SSSR count). The third kappa shape index (κ3) is 5.33. The number of methoxy groups -OCH3 is 1. The average Bonchev–Trinajstić information content (AvgIpc) is 2.55. The normalized spacial score (nSPS) is 19.6. The van der Waals surface area contributed by atoms with Gasteiger partial charge in [0.15, 0.2) is 0 Å². The summed E-state index contributed by atoms with van der Waals surface area (Å²) in [6.07, 6.45) is 1.63. The maximum Gasteiger partial charge on any atom is 0.222 e. The lowest BCUT2D eigenvalue weighted by molar-refractivity contribution is -0.132. The number of rotatable bonds is 6. The Morgan fingerprint density at radius 3 is 2.78 bits per heavy atom. The SMILES string of the molecule is COCC(C)CC(=O)N1CCCN(CCN)CC1. The van der Waals surface area contributed by atoms with Crippen molar-refractivity contribution in [3.8, 4) is 0 Å². The zero-order chi connectivity index (χ0) is 13.4. The summed E-state index contributed by atoms with van der Waals surface area (Å²) in [4.78, 5) is 16.5. The number of ether oxygens (including phenoxy) is 1. The minimum atomic E-state index is 0.258. The number of hydrogen-bond acceptors (Lipinski definition) is 4. The Morgan fingerprint density at radius 1 is 1.33 bits per heavy atom. The van der Waals surface area contributed by atoms with Crippen molar-refractivity contribution in [1.82, 2.24) is 9.80 Å². The summed E-state index contributed by atoms with van der Waals surface area (Å²) < 4.78 is 5.07.